The Morgan fingerprint density at radius 1 is 1.00 bits per heavy atom. The molecule has 0 bridgehead atoms. The van der Waals surface area contributed by atoms with Gasteiger partial charge in [-0.2, -0.15) is 0 Å². The molecule has 2 aromatic rings. The second-order valence-corrected chi connectivity index (χ2v) is 6.09. The van der Waals surface area contributed by atoms with Gasteiger partial charge in [0.25, 0.3) is 11.8 Å². The molecular formula is C20H19NO5. The molecule has 0 saturated carbocycles. The number of hydrogen-bond acceptors (Lipinski definition) is 5. The summed E-state index contributed by atoms with van der Waals surface area (Å²) in [4.78, 5) is 37.3. The van der Waals surface area contributed by atoms with Crippen LogP contribution in [0.2, 0.25) is 0 Å². The molecule has 1 aliphatic heterocycles. The van der Waals surface area contributed by atoms with Gasteiger partial charge in [-0.05, 0) is 43.2 Å². The lowest BCUT2D eigenvalue weighted by molar-refractivity contribution is -0.146. The summed E-state index contributed by atoms with van der Waals surface area (Å²) < 4.78 is 10.6. The average molecular weight is 353 g/mol. The number of fused-ring (bicyclic) bond motifs is 1. The van der Waals surface area contributed by atoms with Crippen molar-refractivity contribution in [3.8, 4) is 5.75 Å². The highest BCUT2D eigenvalue weighted by atomic mass is 16.6. The Morgan fingerprint density at radius 2 is 1.65 bits per heavy atom. The van der Waals surface area contributed by atoms with Gasteiger partial charge in [-0.1, -0.05) is 24.3 Å². The molecule has 0 saturated heterocycles. The van der Waals surface area contributed by atoms with E-state index >= 15 is 0 Å². The predicted octanol–water partition coefficient (Wildman–Crippen LogP) is 2.52. The zero-order chi connectivity index (χ0) is 18.7. The van der Waals surface area contributed by atoms with Gasteiger partial charge >= 0.3 is 5.97 Å². The van der Waals surface area contributed by atoms with Gasteiger partial charge in [-0.25, -0.2) is 4.79 Å². The molecule has 26 heavy (non-hydrogen) atoms. The number of amides is 2. The number of imide groups is 1. The lowest BCUT2D eigenvalue weighted by Crippen LogP contribution is -2.34. The molecule has 0 aliphatic carbocycles. The zero-order valence-electron chi connectivity index (χ0n) is 14.7. The highest BCUT2D eigenvalue weighted by molar-refractivity contribution is 6.21. The fourth-order valence-corrected chi connectivity index (χ4v) is 2.73. The third-order valence-corrected chi connectivity index (χ3v) is 4.15. The highest BCUT2D eigenvalue weighted by Gasteiger charge is 2.34. The van der Waals surface area contributed by atoms with Crippen molar-refractivity contribution in [2.24, 2.45) is 0 Å². The third-order valence-electron chi connectivity index (χ3n) is 4.15. The summed E-state index contributed by atoms with van der Waals surface area (Å²) in [5.74, 6) is -0.661. The Labute approximate surface area is 151 Å². The van der Waals surface area contributed by atoms with E-state index in [1.165, 1.54) is 0 Å². The number of carbonyl (C=O) groups excluding carboxylic acids is 3. The van der Waals surface area contributed by atoms with Crippen molar-refractivity contribution in [3.05, 3.63) is 64.7 Å². The minimum Gasteiger partial charge on any atom is -0.482 e. The van der Waals surface area contributed by atoms with Crippen LogP contribution in [-0.2, 0) is 9.53 Å². The van der Waals surface area contributed by atoms with Crippen molar-refractivity contribution in [3.63, 3.8) is 0 Å². The van der Waals surface area contributed by atoms with Crippen LogP contribution in [0.5, 0.6) is 5.75 Å². The summed E-state index contributed by atoms with van der Waals surface area (Å²) >= 11 is 0. The molecule has 0 aromatic heterocycles. The van der Waals surface area contributed by atoms with Gasteiger partial charge in [0.2, 0.25) is 0 Å². The van der Waals surface area contributed by atoms with Crippen LogP contribution in [0.15, 0.2) is 42.5 Å². The van der Waals surface area contributed by atoms with E-state index in [0.717, 1.165) is 16.0 Å². The van der Waals surface area contributed by atoms with E-state index in [4.69, 9.17) is 9.47 Å². The molecule has 2 amide bonds. The normalized spacial score (nSPS) is 12.9. The van der Waals surface area contributed by atoms with Crippen molar-refractivity contribution >= 4 is 17.8 Å². The molecule has 0 spiro atoms. The first-order chi connectivity index (χ1) is 12.5. The number of ether oxygens (including phenoxy) is 2. The van der Waals surface area contributed by atoms with E-state index in [1.54, 1.807) is 24.3 Å². The molecule has 0 radical (unpaired) electrons. The Hall–Kier alpha value is -3.15. The number of esters is 1. The third kappa shape index (κ3) is 3.59. The summed E-state index contributed by atoms with van der Waals surface area (Å²) in [6.07, 6.45) is 0. The first kappa shape index (κ1) is 17.7. The van der Waals surface area contributed by atoms with Crippen molar-refractivity contribution < 1.29 is 23.9 Å². The average Bonchev–Trinajstić information content (AvgIpc) is 2.88. The van der Waals surface area contributed by atoms with Gasteiger partial charge < -0.3 is 9.47 Å². The Bertz CT molecular complexity index is 839. The van der Waals surface area contributed by atoms with Crippen LogP contribution < -0.4 is 4.74 Å². The quantitative estimate of drug-likeness (QED) is 0.589. The second-order valence-electron chi connectivity index (χ2n) is 6.09. The van der Waals surface area contributed by atoms with Crippen LogP contribution in [0, 0.1) is 13.8 Å². The number of nitrogens with zero attached hydrogens (tertiary/aromatic N) is 1. The van der Waals surface area contributed by atoms with Crippen LogP contribution in [-0.4, -0.2) is 42.4 Å². The Kier molecular flexibility index (Phi) is 5.02. The van der Waals surface area contributed by atoms with E-state index in [-0.39, 0.29) is 31.6 Å². The zero-order valence-corrected chi connectivity index (χ0v) is 14.7. The van der Waals surface area contributed by atoms with E-state index < -0.39 is 5.97 Å². The van der Waals surface area contributed by atoms with E-state index in [2.05, 4.69) is 0 Å². The molecule has 0 atom stereocenters. The standard InChI is InChI=1S/C20H19NO5/c1-13-7-8-14(2)17(11-13)26-12-18(22)25-10-9-21-19(23)15-5-3-4-6-16(15)20(21)24/h3-8,11H,9-10,12H2,1-2H3. The van der Waals surface area contributed by atoms with Crippen LogP contribution in [0.1, 0.15) is 31.8 Å². The van der Waals surface area contributed by atoms with Crippen molar-refractivity contribution in [1.82, 2.24) is 4.90 Å². The van der Waals surface area contributed by atoms with Crippen molar-refractivity contribution in [1.29, 1.82) is 0 Å². The van der Waals surface area contributed by atoms with Gasteiger partial charge in [0.15, 0.2) is 6.61 Å². The molecule has 3 rings (SSSR count). The topological polar surface area (TPSA) is 72.9 Å². The largest absolute Gasteiger partial charge is 0.482 e. The van der Waals surface area contributed by atoms with Crippen molar-refractivity contribution in [2.75, 3.05) is 19.8 Å². The number of aryl methyl sites for hydroxylation is 2. The summed E-state index contributed by atoms with van der Waals surface area (Å²) in [5, 5.41) is 0. The number of hydrogen-bond donors (Lipinski definition) is 0. The minimum absolute atomic E-state index is 0.0154. The van der Waals surface area contributed by atoms with Crippen LogP contribution >= 0.6 is 0 Å². The Balaban J connectivity index is 1.48. The van der Waals surface area contributed by atoms with Gasteiger partial charge in [0.05, 0.1) is 17.7 Å². The predicted molar refractivity (Wildman–Crippen MR) is 94.2 cm³/mol. The maximum absolute atomic E-state index is 12.2. The van der Waals surface area contributed by atoms with E-state index in [0.29, 0.717) is 16.9 Å². The number of carbonyl (C=O) groups is 3. The lowest BCUT2D eigenvalue weighted by atomic mass is 10.1. The SMILES string of the molecule is Cc1ccc(C)c(OCC(=O)OCCN2C(=O)c3ccccc3C2=O)c1. The van der Waals surface area contributed by atoms with E-state index in [1.807, 2.05) is 32.0 Å². The minimum atomic E-state index is -0.553. The molecule has 1 heterocycles. The molecule has 6 heteroatoms. The second kappa shape index (κ2) is 7.39. The van der Waals surface area contributed by atoms with Gasteiger partial charge in [-0.15, -0.1) is 0 Å². The maximum Gasteiger partial charge on any atom is 0.344 e. The first-order valence-electron chi connectivity index (χ1n) is 8.28. The maximum atomic E-state index is 12.2. The molecular weight excluding hydrogens is 334 g/mol. The molecule has 0 N–H and O–H groups in total. The number of benzene rings is 2. The summed E-state index contributed by atoms with van der Waals surface area (Å²) in [7, 11) is 0. The van der Waals surface area contributed by atoms with Crippen LogP contribution in [0.25, 0.3) is 0 Å². The summed E-state index contributed by atoms with van der Waals surface area (Å²) in [6.45, 7) is 3.55. The van der Waals surface area contributed by atoms with E-state index in [9.17, 15) is 14.4 Å². The Morgan fingerprint density at radius 3 is 2.31 bits per heavy atom. The van der Waals surface area contributed by atoms with Crippen molar-refractivity contribution in [2.45, 2.75) is 13.8 Å². The fraction of sp³-hybridized carbons (Fsp3) is 0.250. The molecule has 0 unspecified atom stereocenters. The molecule has 6 nitrogen and oxygen atoms in total. The monoisotopic (exact) mass is 353 g/mol. The summed E-state index contributed by atoms with van der Waals surface area (Å²) in [6, 6.07) is 12.4. The van der Waals surface area contributed by atoms with Crippen LogP contribution in [0.3, 0.4) is 0 Å². The lowest BCUT2D eigenvalue weighted by Gasteiger charge is -2.14. The first-order valence-corrected chi connectivity index (χ1v) is 8.28. The fourth-order valence-electron chi connectivity index (χ4n) is 2.73. The van der Waals surface area contributed by atoms with Gasteiger partial charge in [0, 0.05) is 0 Å². The molecule has 1 aliphatic rings. The summed E-state index contributed by atoms with van der Waals surface area (Å²) in [5.41, 5.74) is 2.71. The molecule has 0 fully saturated rings. The van der Waals surface area contributed by atoms with Gasteiger partial charge in [0.1, 0.15) is 12.4 Å². The number of rotatable bonds is 6. The smallest absolute Gasteiger partial charge is 0.344 e. The molecule has 134 valence electrons. The van der Waals surface area contributed by atoms with Gasteiger partial charge in [-0.3, -0.25) is 14.5 Å². The highest BCUT2D eigenvalue weighted by Crippen LogP contribution is 2.22. The molecule has 2 aromatic carbocycles. The van der Waals surface area contributed by atoms with Crippen LogP contribution in [0.4, 0.5) is 0 Å².